The van der Waals surface area contributed by atoms with Gasteiger partial charge in [-0.15, -0.1) is 6.58 Å². The van der Waals surface area contributed by atoms with E-state index in [0.717, 1.165) is 5.57 Å². The molecule has 1 aliphatic heterocycles. The zero-order valence-electron chi connectivity index (χ0n) is 7.84. The summed E-state index contributed by atoms with van der Waals surface area (Å²) in [5.41, 5.74) is 0.972. The Morgan fingerprint density at radius 3 is 2.77 bits per heavy atom. The highest BCUT2D eigenvalue weighted by molar-refractivity contribution is 5.99. The van der Waals surface area contributed by atoms with E-state index in [-0.39, 0.29) is 11.8 Å². The van der Waals surface area contributed by atoms with Gasteiger partial charge >= 0.3 is 5.97 Å². The molecule has 1 fully saturated rings. The molecule has 1 atom stereocenters. The Morgan fingerprint density at radius 1 is 1.62 bits per heavy atom. The number of esters is 1. The van der Waals surface area contributed by atoms with Crippen LogP contribution in [0.4, 0.5) is 0 Å². The molecule has 72 valence electrons. The topological polar surface area (TPSA) is 43.4 Å². The van der Waals surface area contributed by atoms with Crippen molar-refractivity contribution >= 4 is 11.8 Å². The molecule has 1 heterocycles. The fraction of sp³-hybridized carbons (Fsp3) is 0.600. The van der Waals surface area contributed by atoms with Crippen molar-refractivity contribution in [3.05, 3.63) is 12.2 Å². The van der Waals surface area contributed by atoms with E-state index in [9.17, 15) is 9.59 Å². The number of ether oxygens (including phenoxy) is 1. The highest BCUT2D eigenvalue weighted by atomic mass is 16.5. The molecule has 13 heavy (non-hydrogen) atoms. The molecule has 0 aromatic rings. The minimum absolute atomic E-state index is 0.00880. The summed E-state index contributed by atoms with van der Waals surface area (Å²) in [6.07, 6.45) is 1.63. The zero-order valence-corrected chi connectivity index (χ0v) is 7.84. The molecule has 0 saturated carbocycles. The number of hydrogen-bond acceptors (Lipinski definition) is 3. The third-order valence-electron chi connectivity index (χ3n) is 2.12. The molecular formula is C10H14O3. The second kappa shape index (κ2) is 4.21. The SMILES string of the molecule is C=C(C)CCC(=O)C1CCOC1=O. The third kappa shape index (κ3) is 2.68. The molecule has 0 aromatic heterocycles. The van der Waals surface area contributed by atoms with Crippen LogP contribution in [-0.2, 0) is 14.3 Å². The molecule has 0 N–H and O–H groups in total. The van der Waals surface area contributed by atoms with Crippen LogP contribution >= 0.6 is 0 Å². The number of carbonyl (C=O) groups is 2. The van der Waals surface area contributed by atoms with Gasteiger partial charge in [-0.2, -0.15) is 0 Å². The van der Waals surface area contributed by atoms with Crippen LogP contribution in [0.25, 0.3) is 0 Å². The number of Topliss-reactive ketones (excluding diaryl/α,β-unsaturated/α-hetero) is 1. The Hall–Kier alpha value is -1.12. The number of carbonyl (C=O) groups excluding carboxylic acids is 2. The fourth-order valence-electron chi connectivity index (χ4n) is 1.30. The predicted octanol–water partition coefficient (Wildman–Crippen LogP) is 1.47. The quantitative estimate of drug-likeness (QED) is 0.375. The maximum Gasteiger partial charge on any atom is 0.316 e. The first-order valence-electron chi connectivity index (χ1n) is 4.45. The van der Waals surface area contributed by atoms with Gasteiger partial charge in [-0.3, -0.25) is 9.59 Å². The van der Waals surface area contributed by atoms with Crippen LogP contribution in [0.5, 0.6) is 0 Å². The Labute approximate surface area is 77.8 Å². The lowest BCUT2D eigenvalue weighted by molar-refractivity contribution is -0.144. The lowest BCUT2D eigenvalue weighted by Crippen LogP contribution is -2.18. The summed E-state index contributed by atoms with van der Waals surface area (Å²) >= 11 is 0. The van der Waals surface area contributed by atoms with Gasteiger partial charge < -0.3 is 4.74 Å². The van der Waals surface area contributed by atoms with Crippen molar-refractivity contribution in [2.24, 2.45) is 5.92 Å². The lowest BCUT2D eigenvalue weighted by Gasteiger charge is -2.03. The average molecular weight is 182 g/mol. The molecular weight excluding hydrogens is 168 g/mol. The predicted molar refractivity (Wildman–Crippen MR) is 48.1 cm³/mol. The van der Waals surface area contributed by atoms with Crippen molar-refractivity contribution in [3.63, 3.8) is 0 Å². The van der Waals surface area contributed by atoms with Crippen LogP contribution < -0.4 is 0 Å². The molecule has 3 nitrogen and oxygen atoms in total. The number of cyclic esters (lactones) is 1. The van der Waals surface area contributed by atoms with Crippen LogP contribution in [0.3, 0.4) is 0 Å². The van der Waals surface area contributed by atoms with Crippen molar-refractivity contribution in [1.29, 1.82) is 0 Å². The van der Waals surface area contributed by atoms with Gasteiger partial charge in [0, 0.05) is 12.8 Å². The van der Waals surface area contributed by atoms with Gasteiger partial charge in [0.25, 0.3) is 0 Å². The Balaban J connectivity index is 2.39. The first-order valence-corrected chi connectivity index (χ1v) is 4.45. The molecule has 1 rings (SSSR count). The normalized spacial score (nSPS) is 21.3. The lowest BCUT2D eigenvalue weighted by atomic mass is 9.98. The largest absolute Gasteiger partial charge is 0.465 e. The van der Waals surface area contributed by atoms with E-state index in [4.69, 9.17) is 4.74 Å². The number of rotatable bonds is 4. The van der Waals surface area contributed by atoms with Crippen molar-refractivity contribution in [1.82, 2.24) is 0 Å². The van der Waals surface area contributed by atoms with E-state index >= 15 is 0 Å². The van der Waals surface area contributed by atoms with E-state index in [1.54, 1.807) is 0 Å². The molecule has 0 bridgehead atoms. The Kier molecular flexibility index (Phi) is 3.23. The number of hydrogen-bond donors (Lipinski definition) is 0. The van der Waals surface area contributed by atoms with Crippen LogP contribution in [0.2, 0.25) is 0 Å². The minimum Gasteiger partial charge on any atom is -0.465 e. The van der Waals surface area contributed by atoms with Crippen LogP contribution in [0, 0.1) is 5.92 Å². The number of allylic oxidation sites excluding steroid dienone is 1. The third-order valence-corrected chi connectivity index (χ3v) is 2.12. The highest BCUT2D eigenvalue weighted by Gasteiger charge is 2.32. The minimum atomic E-state index is -0.501. The summed E-state index contributed by atoms with van der Waals surface area (Å²) < 4.78 is 4.71. The summed E-state index contributed by atoms with van der Waals surface area (Å²) in [7, 11) is 0. The molecule has 0 spiro atoms. The molecule has 1 aliphatic rings. The van der Waals surface area contributed by atoms with E-state index in [1.807, 2.05) is 6.92 Å². The summed E-state index contributed by atoms with van der Waals surface area (Å²) in [4.78, 5) is 22.4. The summed E-state index contributed by atoms with van der Waals surface area (Å²) in [5, 5.41) is 0. The maximum atomic E-state index is 11.4. The average Bonchev–Trinajstić information content (AvgIpc) is 2.47. The maximum absolute atomic E-state index is 11.4. The first-order chi connectivity index (χ1) is 6.11. The van der Waals surface area contributed by atoms with Gasteiger partial charge in [-0.25, -0.2) is 0 Å². The van der Waals surface area contributed by atoms with Gasteiger partial charge in [0.1, 0.15) is 11.7 Å². The first kappa shape index (κ1) is 9.96. The van der Waals surface area contributed by atoms with E-state index in [2.05, 4.69) is 6.58 Å². The van der Waals surface area contributed by atoms with Gasteiger partial charge in [0.15, 0.2) is 0 Å². The van der Waals surface area contributed by atoms with E-state index in [0.29, 0.717) is 25.9 Å². The summed E-state index contributed by atoms with van der Waals surface area (Å²) in [6.45, 7) is 5.97. The summed E-state index contributed by atoms with van der Waals surface area (Å²) in [5.74, 6) is -0.864. The van der Waals surface area contributed by atoms with E-state index in [1.165, 1.54) is 0 Å². The molecule has 1 unspecified atom stereocenters. The van der Waals surface area contributed by atoms with Crippen molar-refractivity contribution in [2.45, 2.75) is 26.2 Å². The Morgan fingerprint density at radius 2 is 2.31 bits per heavy atom. The van der Waals surface area contributed by atoms with Gasteiger partial charge in [0.2, 0.25) is 0 Å². The molecule has 0 aliphatic carbocycles. The van der Waals surface area contributed by atoms with E-state index < -0.39 is 5.92 Å². The molecule has 3 heteroatoms. The molecule has 0 aromatic carbocycles. The fourth-order valence-corrected chi connectivity index (χ4v) is 1.30. The molecule has 1 saturated heterocycles. The number of ketones is 1. The van der Waals surface area contributed by atoms with Crippen molar-refractivity contribution in [2.75, 3.05) is 6.61 Å². The van der Waals surface area contributed by atoms with Gasteiger partial charge in [-0.05, 0) is 13.3 Å². The van der Waals surface area contributed by atoms with Crippen molar-refractivity contribution < 1.29 is 14.3 Å². The van der Waals surface area contributed by atoms with Crippen LogP contribution in [0.1, 0.15) is 26.2 Å². The monoisotopic (exact) mass is 182 g/mol. The standard InChI is InChI=1S/C10H14O3/c1-7(2)3-4-9(11)8-5-6-13-10(8)12/h8H,1,3-6H2,2H3. The van der Waals surface area contributed by atoms with Crippen molar-refractivity contribution in [3.8, 4) is 0 Å². The summed E-state index contributed by atoms with van der Waals surface area (Å²) in [6, 6.07) is 0. The second-order valence-electron chi connectivity index (χ2n) is 3.43. The Bertz CT molecular complexity index is 243. The second-order valence-corrected chi connectivity index (χ2v) is 3.43. The van der Waals surface area contributed by atoms with Gasteiger partial charge in [0.05, 0.1) is 6.61 Å². The highest BCUT2D eigenvalue weighted by Crippen LogP contribution is 2.18. The molecule has 0 amide bonds. The smallest absolute Gasteiger partial charge is 0.316 e. The zero-order chi connectivity index (χ0) is 9.84. The molecule has 0 radical (unpaired) electrons. The van der Waals surface area contributed by atoms with Gasteiger partial charge in [-0.1, -0.05) is 5.57 Å². The van der Waals surface area contributed by atoms with Crippen LogP contribution in [-0.4, -0.2) is 18.4 Å². The van der Waals surface area contributed by atoms with Crippen LogP contribution in [0.15, 0.2) is 12.2 Å².